The van der Waals surface area contributed by atoms with Crippen LogP contribution in [0, 0.1) is 0 Å². The van der Waals surface area contributed by atoms with E-state index in [2.05, 4.69) is 62.5 Å². The van der Waals surface area contributed by atoms with E-state index in [9.17, 15) is 19.0 Å². The van der Waals surface area contributed by atoms with E-state index in [0.29, 0.717) is 17.4 Å². The summed E-state index contributed by atoms with van der Waals surface area (Å²) in [7, 11) is 1.17. The summed E-state index contributed by atoms with van der Waals surface area (Å²) < 4.78 is 34.1. The molecule has 0 rings (SSSR count). The molecule has 0 heterocycles. The highest BCUT2D eigenvalue weighted by Crippen LogP contribution is 2.38. The van der Waals surface area contributed by atoms with Crippen molar-refractivity contribution in [3.05, 3.63) is 48.6 Å². The fourth-order valence-corrected chi connectivity index (χ4v) is 8.80. The Morgan fingerprint density at radius 3 is 1.17 bits per heavy atom. The molecule has 0 saturated heterocycles. The summed E-state index contributed by atoms with van der Waals surface area (Å²) in [5.41, 5.74) is 0. The molecule has 2 unspecified atom stereocenters. The van der Waals surface area contributed by atoms with Crippen LogP contribution in [0.3, 0.4) is 0 Å². The number of esters is 2. The number of quaternary nitrogens is 1. The van der Waals surface area contributed by atoms with E-state index >= 15 is 0 Å². The normalized spacial score (nSPS) is 13.7. The van der Waals surface area contributed by atoms with Gasteiger partial charge in [0.25, 0.3) is 7.82 Å². The number of hydrogen-bond donors (Lipinski definition) is 0. The van der Waals surface area contributed by atoms with Gasteiger partial charge in [0, 0.05) is 12.8 Å². The van der Waals surface area contributed by atoms with E-state index in [1.165, 1.54) is 161 Å². The Labute approximate surface area is 426 Å². The molecule has 0 radical (unpaired) electrons. The second kappa shape index (κ2) is 50.9. The van der Waals surface area contributed by atoms with E-state index in [4.69, 9.17) is 18.5 Å². The van der Waals surface area contributed by atoms with Gasteiger partial charge in [-0.25, -0.2) is 0 Å². The molecule has 0 aromatic heterocycles. The number of likely N-dealkylation sites (N-methyl/N-ethyl adjacent to an activating group) is 1. The topological polar surface area (TPSA) is 111 Å². The highest BCUT2D eigenvalue weighted by molar-refractivity contribution is 7.45. The Morgan fingerprint density at radius 1 is 0.449 bits per heavy atom. The van der Waals surface area contributed by atoms with Crippen molar-refractivity contribution < 1.29 is 42.1 Å². The SMILES string of the molecule is CCCCCCC/C=C\C/C=C\C/C=C\CCCCCCCCCCCCCCCCCCC(=O)OC(COC(=O)CCCCCCC/C=C\CCCCCCC)COP(=O)([O-])OCC[N+](C)(C)C. The number of carbonyl (C=O) groups excluding carboxylic acids is 2. The molecule has 0 aliphatic rings. The Morgan fingerprint density at radius 2 is 0.783 bits per heavy atom. The molecule has 9 nitrogen and oxygen atoms in total. The zero-order chi connectivity index (χ0) is 50.6. The maximum Gasteiger partial charge on any atom is 0.306 e. The van der Waals surface area contributed by atoms with Gasteiger partial charge in [0.15, 0.2) is 6.10 Å². The first-order valence-corrected chi connectivity index (χ1v) is 30.3. The van der Waals surface area contributed by atoms with Gasteiger partial charge >= 0.3 is 11.9 Å². The van der Waals surface area contributed by atoms with Crippen molar-refractivity contribution in [2.75, 3.05) is 47.5 Å². The zero-order valence-electron chi connectivity index (χ0n) is 45.8. The third-order valence-electron chi connectivity index (χ3n) is 12.6. The second-order valence-corrected chi connectivity index (χ2v) is 22.1. The molecule has 0 N–H and O–H groups in total. The number of nitrogens with zero attached hydrogens (tertiary/aromatic N) is 1. The lowest BCUT2D eigenvalue weighted by atomic mass is 10.0. The van der Waals surface area contributed by atoms with E-state index in [-0.39, 0.29) is 32.0 Å². The number of rotatable bonds is 53. The molecular weight excluding hydrogens is 882 g/mol. The van der Waals surface area contributed by atoms with Gasteiger partial charge in [-0.3, -0.25) is 14.2 Å². The van der Waals surface area contributed by atoms with E-state index in [0.717, 1.165) is 70.6 Å². The molecule has 0 bridgehead atoms. The molecule has 2 atom stereocenters. The van der Waals surface area contributed by atoms with Gasteiger partial charge in [-0.1, -0.05) is 223 Å². The number of carbonyl (C=O) groups is 2. The van der Waals surface area contributed by atoms with Crippen molar-refractivity contribution in [1.82, 2.24) is 0 Å². The van der Waals surface area contributed by atoms with Crippen LogP contribution in [-0.4, -0.2) is 70.0 Å². The molecule has 10 heteroatoms. The van der Waals surface area contributed by atoms with Crippen molar-refractivity contribution in [2.24, 2.45) is 0 Å². The summed E-state index contributed by atoms with van der Waals surface area (Å²) in [5.74, 6) is -0.836. The molecule has 0 amide bonds. The Bertz CT molecular complexity index is 1310. The van der Waals surface area contributed by atoms with Crippen LogP contribution in [0.1, 0.15) is 264 Å². The van der Waals surface area contributed by atoms with Gasteiger partial charge in [0.1, 0.15) is 19.8 Å². The summed E-state index contributed by atoms with van der Waals surface area (Å²) in [6.07, 6.45) is 63.1. The minimum Gasteiger partial charge on any atom is -0.756 e. The largest absolute Gasteiger partial charge is 0.756 e. The standard InChI is InChI=1S/C59H110NO8P/c1-6-8-10-12-14-16-18-20-22-23-24-25-26-27-28-29-30-31-32-33-34-35-36-37-38-40-42-44-46-48-50-52-59(62)68-57(56-67-69(63,64)66-54-53-60(3,4)5)55-65-58(61)51-49-47-45-43-41-39-21-19-17-15-13-11-9-7-2/h18-21,23-24,26-27,57H,6-17,22,25,28-56H2,1-5H3/b20-18-,21-19-,24-23-,27-26-. The summed E-state index contributed by atoms with van der Waals surface area (Å²) in [4.78, 5) is 37.8. The van der Waals surface area contributed by atoms with Gasteiger partial charge in [-0.15, -0.1) is 0 Å². The monoisotopic (exact) mass is 992 g/mol. The lowest BCUT2D eigenvalue weighted by molar-refractivity contribution is -0.870. The van der Waals surface area contributed by atoms with Crippen molar-refractivity contribution in [3.8, 4) is 0 Å². The van der Waals surface area contributed by atoms with Gasteiger partial charge in [0.2, 0.25) is 0 Å². The maximum absolute atomic E-state index is 12.8. The minimum atomic E-state index is -4.63. The zero-order valence-corrected chi connectivity index (χ0v) is 46.7. The van der Waals surface area contributed by atoms with E-state index in [1.807, 2.05) is 21.1 Å². The lowest BCUT2D eigenvalue weighted by Crippen LogP contribution is -2.37. The second-order valence-electron chi connectivity index (χ2n) is 20.6. The van der Waals surface area contributed by atoms with Crippen LogP contribution < -0.4 is 4.89 Å². The third-order valence-corrected chi connectivity index (χ3v) is 13.5. The maximum atomic E-state index is 12.8. The summed E-state index contributed by atoms with van der Waals surface area (Å²) in [5, 5.41) is 0. The first kappa shape index (κ1) is 67.0. The molecule has 0 aliphatic heterocycles. The van der Waals surface area contributed by atoms with Crippen LogP contribution >= 0.6 is 7.82 Å². The molecule has 404 valence electrons. The first-order valence-electron chi connectivity index (χ1n) is 28.8. The van der Waals surface area contributed by atoms with Gasteiger partial charge in [0.05, 0.1) is 27.7 Å². The number of allylic oxidation sites excluding steroid dienone is 8. The Balaban J connectivity index is 4.07. The summed E-state index contributed by atoms with van der Waals surface area (Å²) >= 11 is 0. The molecule has 0 spiro atoms. The molecular formula is C59H110NO8P. The quantitative estimate of drug-likeness (QED) is 0.0195. The van der Waals surface area contributed by atoms with Crippen LogP contribution in [0.5, 0.6) is 0 Å². The third kappa shape index (κ3) is 55.1. The first-order chi connectivity index (χ1) is 33.5. The van der Waals surface area contributed by atoms with Crippen molar-refractivity contribution in [1.29, 1.82) is 0 Å². The molecule has 0 aliphatic carbocycles. The van der Waals surface area contributed by atoms with Crippen molar-refractivity contribution >= 4 is 19.8 Å². The number of phosphoric acid groups is 1. The fraction of sp³-hybridized carbons (Fsp3) is 0.831. The summed E-state index contributed by atoms with van der Waals surface area (Å²) in [6, 6.07) is 0. The highest BCUT2D eigenvalue weighted by Gasteiger charge is 2.22. The molecule has 0 saturated carbocycles. The van der Waals surface area contributed by atoms with E-state index < -0.39 is 26.5 Å². The molecule has 0 aromatic carbocycles. The van der Waals surface area contributed by atoms with Gasteiger partial charge in [-0.05, 0) is 77.0 Å². The fourth-order valence-electron chi connectivity index (χ4n) is 8.07. The highest BCUT2D eigenvalue weighted by atomic mass is 31.2. The predicted molar refractivity (Wildman–Crippen MR) is 291 cm³/mol. The van der Waals surface area contributed by atoms with Crippen LogP contribution in [-0.2, 0) is 32.7 Å². The molecule has 0 fully saturated rings. The van der Waals surface area contributed by atoms with Crippen LogP contribution in [0.2, 0.25) is 0 Å². The number of hydrogen-bond acceptors (Lipinski definition) is 8. The minimum absolute atomic E-state index is 0.0318. The van der Waals surface area contributed by atoms with Crippen LogP contribution in [0.4, 0.5) is 0 Å². The summed E-state index contributed by atoms with van der Waals surface area (Å²) in [6.45, 7) is 4.23. The van der Waals surface area contributed by atoms with Crippen LogP contribution in [0.25, 0.3) is 0 Å². The number of unbranched alkanes of at least 4 members (excludes halogenated alkanes) is 31. The number of ether oxygens (including phenoxy) is 2. The van der Waals surface area contributed by atoms with Gasteiger partial charge < -0.3 is 27.9 Å². The van der Waals surface area contributed by atoms with Crippen molar-refractivity contribution in [3.63, 3.8) is 0 Å². The average Bonchev–Trinajstić information content (AvgIpc) is 3.31. The average molecular weight is 993 g/mol. The van der Waals surface area contributed by atoms with Crippen molar-refractivity contribution in [2.45, 2.75) is 270 Å². The van der Waals surface area contributed by atoms with Gasteiger partial charge in [-0.2, -0.15) is 0 Å². The van der Waals surface area contributed by atoms with E-state index in [1.54, 1.807) is 0 Å². The lowest BCUT2D eigenvalue weighted by Gasteiger charge is -2.28. The Kier molecular flexibility index (Phi) is 49.4. The Hall–Kier alpha value is -2.03. The number of phosphoric ester groups is 1. The smallest absolute Gasteiger partial charge is 0.306 e. The molecule has 0 aromatic rings. The van der Waals surface area contributed by atoms with Crippen LogP contribution in [0.15, 0.2) is 48.6 Å². The predicted octanol–water partition coefficient (Wildman–Crippen LogP) is 17.1. The molecule has 69 heavy (non-hydrogen) atoms.